The molecule has 1 aromatic rings. The van der Waals surface area contributed by atoms with E-state index < -0.39 is 0 Å². The van der Waals surface area contributed by atoms with E-state index in [1.165, 1.54) is 12.8 Å². The van der Waals surface area contributed by atoms with Crippen LogP contribution in [0.1, 0.15) is 18.4 Å². The first-order valence-corrected chi connectivity index (χ1v) is 5.71. The van der Waals surface area contributed by atoms with E-state index in [-0.39, 0.29) is 5.91 Å². The second-order valence-corrected chi connectivity index (χ2v) is 4.28. The van der Waals surface area contributed by atoms with Crippen LogP contribution in [-0.2, 0) is 18.3 Å². The van der Waals surface area contributed by atoms with Crippen LogP contribution in [0.4, 0.5) is 0 Å². The summed E-state index contributed by atoms with van der Waals surface area (Å²) in [7, 11) is 1.89. The SMILES string of the molecule is Cn1cc(CCNC(=O)CNC2CC2)cn1. The molecule has 0 unspecified atom stereocenters. The second kappa shape index (κ2) is 5.12. The molecular formula is C11H18N4O. The Morgan fingerprint density at radius 3 is 3.06 bits per heavy atom. The molecule has 1 heterocycles. The van der Waals surface area contributed by atoms with Crippen molar-refractivity contribution in [2.75, 3.05) is 13.1 Å². The summed E-state index contributed by atoms with van der Waals surface area (Å²) in [5, 5.41) is 10.1. The fourth-order valence-corrected chi connectivity index (χ4v) is 1.53. The minimum Gasteiger partial charge on any atom is -0.355 e. The van der Waals surface area contributed by atoms with E-state index in [2.05, 4.69) is 15.7 Å². The van der Waals surface area contributed by atoms with Crippen LogP contribution < -0.4 is 10.6 Å². The van der Waals surface area contributed by atoms with Crippen LogP contribution >= 0.6 is 0 Å². The largest absolute Gasteiger partial charge is 0.355 e. The minimum atomic E-state index is 0.0794. The number of rotatable bonds is 6. The average molecular weight is 222 g/mol. The highest BCUT2D eigenvalue weighted by Crippen LogP contribution is 2.17. The fraction of sp³-hybridized carbons (Fsp3) is 0.636. The van der Waals surface area contributed by atoms with Gasteiger partial charge in [0.05, 0.1) is 12.7 Å². The van der Waals surface area contributed by atoms with Crippen molar-refractivity contribution in [3.8, 4) is 0 Å². The van der Waals surface area contributed by atoms with Gasteiger partial charge in [-0.1, -0.05) is 0 Å². The number of nitrogens with one attached hydrogen (secondary N) is 2. The molecule has 1 aliphatic rings. The number of hydrogen-bond acceptors (Lipinski definition) is 3. The van der Waals surface area contributed by atoms with Crippen LogP contribution in [0.5, 0.6) is 0 Å². The number of amides is 1. The molecule has 5 nitrogen and oxygen atoms in total. The lowest BCUT2D eigenvalue weighted by Gasteiger charge is -2.04. The van der Waals surface area contributed by atoms with E-state index in [4.69, 9.17) is 0 Å². The molecule has 0 bridgehead atoms. The summed E-state index contributed by atoms with van der Waals surface area (Å²) in [6.45, 7) is 1.12. The zero-order valence-corrected chi connectivity index (χ0v) is 9.57. The van der Waals surface area contributed by atoms with E-state index in [0.717, 1.165) is 12.0 Å². The molecule has 0 aliphatic heterocycles. The second-order valence-electron chi connectivity index (χ2n) is 4.28. The molecule has 0 atom stereocenters. The molecule has 0 saturated heterocycles. The zero-order chi connectivity index (χ0) is 11.4. The highest BCUT2D eigenvalue weighted by atomic mass is 16.1. The van der Waals surface area contributed by atoms with Gasteiger partial charge in [-0.15, -0.1) is 0 Å². The molecule has 2 rings (SSSR count). The van der Waals surface area contributed by atoms with Crippen molar-refractivity contribution < 1.29 is 4.79 Å². The average Bonchev–Trinajstić information content (AvgIpc) is 2.99. The van der Waals surface area contributed by atoms with Crippen LogP contribution in [-0.4, -0.2) is 34.8 Å². The van der Waals surface area contributed by atoms with Gasteiger partial charge in [0.1, 0.15) is 0 Å². The van der Waals surface area contributed by atoms with E-state index in [1.54, 1.807) is 4.68 Å². The molecule has 16 heavy (non-hydrogen) atoms. The van der Waals surface area contributed by atoms with Crippen LogP contribution in [0.15, 0.2) is 12.4 Å². The zero-order valence-electron chi connectivity index (χ0n) is 9.57. The molecule has 1 aromatic heterocycles. The van der Waals surface area contributed by atoms with Crippen LogP contribution in [0, 0.1) is 0 Å². The van der Waals surface area contributed by atoms with Gasteiger partial charge in [-0.2, -0.15) is 5.10 Å². The van der Waals surface area contributed by atoms with Gasteiger partial charge in [-0.05, 0) is 24.8 Å². The molecule has 1 aliphatic carbocycles. The number of aromatic nitrogens is 2. The highest BCUT2D eigenvalue weighted by Gasteiger charge is 2.20. The summed E-state index contributed by atoms with van der Waals surface area (Å²) in [6, 6.07) is 0.587. The lowest BCUT2D eigenvalue weighted by atomic mass is 10.2. The molecule has 0 spiro atoms. The van der Waals surface area contributed by atoms with Gasteiger partial charge in [0.15, 0.2) is 0 Å². The highest BCUT2D eigenvalue weighted by molar-refractivity contribution is 5.78. The van der Waals surface area contributed by atoms with Crippen molar-refractivity contribution in [1.29, 1.82) is 0 Å². The molecular weight excluding hydrogens is 204 g/mol. The van der Waals surface area contributed by atoms with Crippen molar-refractivity contribution in [2.45, 2.75) is 25.3 Å². The Balaban J connectivity index is 1.57. The molecule has 1 saturated carbocycles. The van der Waals surface area contributed by atoms with Gasteiger partial charge in [0, 0.05) is 25.8 Å². The number of carbonyl (C=O) groups excluding carboxylic acids is 1. The Hall–Kier alpha value is -1.36. The Bertz CT molecular complexity index is 357. The van der Waals surface area contributed by atoms with Crippen LogP contribution in [0.2, 0.25) is 0 Å². The van der Waals surface area contributed by atoms with Crippen LogP contribution in [0.3, 0.4) is 0 Å². The van der Waals surface area contributed by atoms with Gasteiger partial charge in [-0.3, -0.25) is 9.48 Å². The summed E-state index contributed by atoms with van der Waals surface area (Å²) >= 11 is 0. The van der Waals surface area contributed by atoms with Gasteiger partial charge < -0.3 is 10.6 Å². The van der Waals surface area contributed by atoms with Crippen molar-refractivity contribution >= 4 is 5.91 Å². The van der Waals surface area contributed by atoms with Gasteiger partial charge in [-0.25, -0.2) is 0 Å². The van der Waals surface area contributed by atoms with Crippen molar-refractivity contribution in [1.82, 2.24) is 20.4 Å². The molecule has 1 fully saturated rings. The smallest absolute Gasteiger partial charge is 0.233 e. The number of nitrogens with zero attached hydrogens (tertiary/aromatic N) is 2. The third-order valence-corrected chi connectivity index (χ3v) is 2.62. The molecule has 88 valence electrons. The molecule has 0 aromatic carbocycles. The van der Waals surface area contributed by atoms with Gasteiger partial charge in [0.2, 0.25) is 5.91 Å². The van der Waals surface area contributed by atoms with E-state index in [0.29, 0.717) is 19.1 Å². The monoisotopic (exact) mass is 222 g/mol. The Morgan fingerprint density at radius 2 is 2.44 bits per heavy atom. The normalized spacial score (nSPS) is 15.1. The van der Waals surface area contributed by atoms with Crippen molar-refractivity contribution in [3.63, 3.8) is 0 Å². The predicted molar refractivity (Wildman–Crippen MR) is 60.9 cm³/mol. The number of aryl methyl sites for hydroxylation is 1. The summed E-state index contributed by atoms with van der Waals surface area (Å²) in [5.41, 5.74) is 1.15. The topological polar surface area (TPSA) is 59.0 Å². The lowest BCUT2D eigenvalue weighted by Crippen LogP contribution is -2.35. The predicted octanol–water partition coefficient (Wildman–Crippen LogP) is -0.169. The third kappa shape index (κ3) is 3.66. The van der Waals surface area contributed by atoms with Gasteiger partial charge >= 0.3 is 0 Å². The molecule has 2 N–H and O–H groups in total. The summed E-state index contributed by atoms with van der Waals surface area (Å²) in [5.74, 6) is 0.0794. The maximum Gasteiger partial charge on any atom is 0.233 e. The van der Waals surface area contributed by atoms with Crippen molar-refractivity contribution in [2.24, 2.45) is 7.05 Å². The fourth-order valence-electron chi connectivity index (χ4n) is 1.53. The van der Waals surface area contributed by atoms with E-state index in [1.807, 2.05) is 19.4 Å². The summed E-state index contributed by atoms with van der Waals surface area (Å²) < 4.78 is 1.77. The molecule has 5 heteroatoms. The van der Waals surface area contributed by atoms with Crippen LogP contribution in [0.25, 0.3) is 0 Å². The first-order valence-electron chi connectivity index (χ1n) is 5.71. The number of carbonyl (C=O) groups is 1. The van der Waals surface area contributed by atoms with E-state index >= 15 is 0 Å². The Morgan fingerprint density at radius 1 is 1.62 bits per heavy atom. The maximum absolute atomic E-state index is 11.4. The minimum absolute atomic E-state index is 0.0794. The Kier molecular flexibility index (Phi) is 3.56. The third-order valence-electron chi connectivity index (χ3n) is 2.62. The maximum atomic E-state index is 11.4. The quantitative estimate of drug-likeness (QED) is 0.702. The summed E-state index contributed by atoms with van der Waals surface area (Å²) in [4.78, 5) is 11.4. The first kappa shape index (κ1) is 11.1. The number of hydrogen-bond donors (Lipinski definition) is 2. The van der Waals surface area contributed by atoms with E-state index in [9.17, 15) is 4.79 Å². The molecule has 0 radical (unpaired) electrons. The van der Waals surface area contributed by atoms with Crippen molar-refractivity contribution in [3.05, 3.63) is 18.0 Å². The summed E-state index contributed by atoms with van der Waals surface area (Å²) in [6.07, 6.45) is 7.05. The molecule has 1 amide bonds. The van der Waals surface area contributed by atoms with Gasteiger partial charge in [0.25, 0.3) is 0 Å². The Labute approximate surface area is 95.2 Å². The standard InChI is InChI=1S/C11H18N4O/c1-15-8-9(6-14-15)4-5-12-11(16)7-13-10-2-3-10/h6,8,10,13H,2-5,7H2,1H3,(H,12,16). The lowest BCUT2D eigenvalue weighted by molar-refractivity contribution is -0.120. The first-order chi connectivity index (χ1) is 7.74.